The predicted octanol–water partition coefficient (Wildman–Crippen LogP) is 4.17. The highest BCUT2D eigenvalue weighted by atomic mass is 16.5. The van der Waals surface area contributed by atoms with Crippen molar-refractivity contribution in [1.29, 1.82) is 0 Å². The van der Waals surface area contributed by atoms with Crippen molar-refractivity contribution < 1.29 is 4.74 Å². The average molecular weight is 240 g/mol. The summed E-state index contributed by atoms with van der Waals surface area (Å²) in [6, 6.07) is 6.47. The summed E-state index contributed by atoms with van der Waals surface area (Å²) in [7, 11) is 0. The summed E-state index contributed by atoms with van der Waals surface area (Å²) in [6.45, 7) is 8.95. The third-order valence-corrected chi connectivity index (χ3v) is 4.44. The van der Waals surface area contributed by atoms with Crippen molar-refractivity contribution in [3.05, 3.63) is 53.1 Å². The number of aryl methyl sites for hydroxylation is 1. The van der Waals surface area contributed by atoms with Gasteiger partial charge in [0.25, 0.3) is 0 Å². The zero-order chi connectivity index (χ0) is 12.9. The van der Waals surface area contributed by atoms with E-state index >= 15 is 0 Å². The van der Waals surface area contributed by atoms with Crippen LogP contribution in [0.5, 0.6) is 5.75 Å². The van der Waals surface area contributed by atoms with Gasteiger partial charge in [-0.1, -0.05) is 50.3 Å². The van der Waals surface area contributed by atoms with Crippen LogP contribution in [0.2, 0.25) is 0 Å². The molecule has 1 heteroatoms. The number of ether oxygens (including phenoxy) is 1. The third kappa shape index (κ3) is 1.46. The van der Waals surface area contributed by atoms with E-state index in [-0.39, 0.29) is 11.5 Å². The van der Waals surface area contributed by atoms with Crippen LogP contribution >= 0.6 is 0 Å². The van der Waals surface area contributed by atoms with Crippen LogP contribution < -0.4 is 4.74 Å². The number of allylic oxidation sites excluding steroid dienone is 2. The second-order valence-electron chi connectivity index (χ2n) is 6.03. The SMILES string of the molecule is CC1=CC=CC2C1Oc1c(C)cccc1C2(C)C. The predicted molar refractivity (Wildman–Crippen MR) is 75.0 cm³/mol. The molecule has 2 aliphatic rings. The van der Waals surface area contributed by atoms with E-state index in [1.807, 2.05) is 0 Å². The Bertz CT molecular complexity index is 549. The first-order valence-corrected chi connectivity index (χ1v) is 6.63. The van der Waals surface area contributed by atoms with E-state index in [9.17, 15) is 0 Å². The fourth-order valence-electron chi connectivity index (χ4n) is 3.21. The summed E-state index contributed by atoms with van der Waals surface area (Å²) in [5.41, 5.74) is 4.02. The molecule has 18 heavy (non-hydrogen) atoms. The van der Waals surface area contributed by atoms with Crippen LogP contribution in [0.4, 0.5) is 0 Å². The Hall–Kier alpha value is -1.50. The minimum absolute atomic E-state index is 0.121. The van der Waals surface area contributed by atoms with Gasteiger partial charge < -0.3 is 4.74 Å². The summed E-state index contributed by atoms with van der Waals surface area (Å²) in [5, 5.41) is 0. The van der Waals surface area contributed by atoms with Gasteiger partial charge in [-0.15, -0.1) is 0 Å². The molecule has 1 aliphatic carbocycles. The molecule has 1 nitrogen and oxygen atoms in total. The summed E-state index contributed by atoms with van der Waals surface area (Å²) in [6.07, 6.45) is 6.82. The molecule has 0 N–H and O–H groups in total. The smallest absolute Gasteiger partial charge is 0.127 e. The van der Waals surface area contributed by atoms with E-state index in [1.54, 1.807) is 0 Å². The molecular weight excluding hydrogens is 220 g/mol. The number of hydrogen-bond acceptors (Lipinski definition) is 1. The second-order valence-corrected chi connectivity index (χ2v) is 6.03. The van der Waals surface area contributed by atoms with Crippen LogP contribution in [0.3, 0.4) is 0 Å². The van der Waals surface area contributed by atoms with E-state index in [4.69, 9.17) is 4.74 Å². The normalized spacial score (nSPS) is 27.9. The molecule has 0 bridgehead atoms. The Morgan fingerprint density at radius 1 is 1.17 bits per heavy atom. The Morgan fingerprint density at radius 2 is 1.94 bits per heavy atom. The Morgan fingerprint density at radius 3 is 2.72 bits per heavy atom. The molecule has 0 fully saturated rings. The number of fused-ring (bicyclic) bond motifs is 2. The second kappa shape index (κ2) is 3.74. The van der Waals surface area contributed by atoms with Crippen LogP contribution in [-0.2, 0) is 5.41 Å². The molecule has 94 valence electrons. The van der Waals surface area contributed by atoms with E-state index in [0.29, 0.717) is 5.92 Å². The molecule has 1 aromatic carbocycles. The van der Waals surface area contributed by atoms with Crippen LogP contribution in [0.25, 0.3) is 0 Å². The molecule has 1 aromatic rings. The quantitative estimate of drug-likeness (QED) is 0.661. The lowest BCUT2D eigenvalue weighted by atomic mass is 9.66. The van der Waals surface area contributed by atoms with Gasteiger partial charge in [0.2, 0.25) is 0 Å². The lowest BCUT2D eigenvalue weighted by Gasteiger charge is -2.45. The van der Waals surface area contributed by atoms with Crippen LogP contribution in [0.1, 0.15) is 31.9 Å². The Balaban J connectivity index is 2.20. The highest BCUT2D eigenvalue weighted by Crippen LogP contribution is 2.48. The van der Waals surface area contributed by atoms with E-state index in [1.165, 1.54) is 16.7 Å². The van der Waals surface area contributed by atoms with Crippen molar-refractivity contribution in [2.45, 2.75) is 39.2 Å². The van der Waals surface area contributed by atoms with Crippen LogP contribution in [-0.4, -0.2) is 6.10 Å². The topological polar surface area (TPSA) is 9.23 Å². The number of para-hydroxylation sites is 1. The summed E-state index contributed by atoms with van der Waals surface area (Å²) in [4.78, 5) is 0. The molecular formula is C17H20O. The van der Waals surface area contributed by atoms with Crippen LogP contribution in [0, 0.1) is 12.8 Å². The van der Waals surface area contributed by atoms with Crippen molar-refractivity contribution in [2.75, 3.05) is 0 Å². The first-order chi connectivity index (χ1) is 8.51. The lowest BCUT2D eigenvalue weighted by Crippen LogP contribution is -2.45. The summed E-state index contributed by atoms with van der Waals surface area (Å²) in [5.74, 6) is 1.52. The molecule has 0 spiro atoms. The van der Waals surface area contributed by atoms with E-state index in [0.717, 1.165) is 5.75 Å². The minimum Gasteiger partial charge on any atom is -0.485 e. The first kappa shape index (κ1) is 11.6. The van der Waals surface area contributed by atoms with Crippen molar-refractivity contribution in [3.63, 3.8) is 0 Å². The maximum atomic E-state index is 6.29. The third-order valence-electron chi connectivity index (χ3n) is 4.44. The Labute approximate surface area is 109 Å². The monoisotopic (exact) mass is 240 g/mol. The largest absolute Gasteiger partial charge is 0.485 e. The van der Waals surface area contributed by atoms with Gasteiger partial charge in [-0.3, -0.25) is 0 Å². The standard InChI is InChI=1S/C17H20O/c1-11-7-5-9-13-15(11)18-16-12(2)8-6-10-14(16)17(13,3)4/h5-10,13,15H,1-4H3. The molecule has 2 unspecified atom stereocenters. The van der Waals surface area contributed by atoms with Crippen molar-refractivity contribution in [1.82, 2.24) is 0 Å². The van der Waals surface area contributed by atoms with Gasteiger partial charge in [-0.05, 0) is 25.0 Å². The molecule has 0 aromatic heterocycles. The maximum Gasteiger partial charge on any atom is 0.127 e. The van der Waals surface area contributed by atoms with E-state index < -0.39 is 0 Å². The van der Waals surface area contributed by atoms with Gasteiger partial charge in [-0.25, -0.2) is 0 Å². The van der Waals surface area contributed by atoms with E-state index in [2.05, 4.69) is 64.1 Å². The number of benzene rings is 1. The van der Waals surface area contributed by atoms with Gasteiger partial charge in [0.1, 0.15) is 11.9 Å². The van der Waals surface area contributed by atoms with Gasteiger partial charge in [0, 0.05) is 16.9 Å². The van der Waals surface area contributed by atoms with Gasteiger partial charge in [0.15, 0.2) is 0 Å². The van der Waals surface area contributed by atoms with Crippen molar-refractivity contribution in [3.8, 4) is 5.75 Å². The molecule has 2 atom stereocenters. The highest BCUT2D eigenvalue weighted by molar-refractivity contribution is 5.50. The zero-order valence-corrected chi connectivity index (χ0v) is 11.5. The summed E-state index contributed by atoms with van der Waals surface area (Å²) < 4.78 is 6.29. The van der Waals surface area contributed by atoms with Gasteiger partial charge in [0.05, 0.1) is 0 Å². The fraction of sp³-hybridized carbons (Fsp3) is 0.412. The van der Waals surface area contributed by atoms with Gasteiger partial charge >= 0.3 is 0 Å². The zero-order valence-electron chi connectivity index (χ0n) is 11.5. The highest BCUT2D eigenvalue weighted by Gasteiger charge is 2.44. The molecule has 1 aliphatic heterocycles. The van der Waals surface area contributed by atoms with Crippen molar-refractivity contribution in [2.24, 2.45) is 5.92 Å². The molecule has 0 radical (unpaired) electrons. The molecule has 0 amide bonds. The average Bonchev–Trinajstić information content (AvgIpc) is 2.32. The van der Waals surface area contributed by atoms with Gasteiger partial charge in [-0.2, -0.15) is 0 Å². The first-order valence-electron chi connectivity index (χ1n) is 6.63. The molecule has 0 saturated heterocycles. The minimum atomic E-state index is 0.121. The lowest BCUT2D eigenvalue weighted by molar-refractivity contribution is 0.112. The van der Waals surface area contributed by atoms with Crippen molar-refractivity contribution >= 4 is 0 Å². The molecule has 1 heterocycles. The molecule has 3 rings (SSSR count). The maximum absolute atomic E-state index is 6.29. The summed E-state index contributed by atoms with van der Waals surface area (Å²) >= 11 is 0. The Kier molecular flexibility index (Phi) is 2.41. The number of rotatable bonds is 0. The number of hydrogen-bond donors (Lipinski definition) is 0. The molecule has 0 saturated carbocycles. The fourth-order valence-corrected chi connectivity index (χ4v) is 3.21. The van der Waals surface area contributed by atoms with Crippen LogP contribution in [0.15, 0.2) is 42.0 Å².